The van der Waals surface area contributed by atoms with Crippen LogP contribution in [0.5, 0.6) is 0 Å². The molecule has 1 aromatic heterocycles. The molecule has 3 nitrogen and oxygen atoms in total. The molecule has 1 aliphatic heterocycles. The molecule has 0 spiro atoms. The van der Waals surface area contributed by atoms with Crippen LogP contribution in [0.2, 0.25) is 0 Å². The Kier molecular flexibility index (Phi) is 1.89. The molecule has 1 aliphatic rings. The fourth-order valence-corrected chi connectivity index (χ4v) is 2.76. The Balaban J connectivity index is 2.33. The second-order valence-corrected chi connectivity index (χ2v) is 4.39. The standard InChI is InChI=1S/C11H8N2OS/c14-11-12-5-7-6-15-9-4-2-1-3-8(9)10(7)13-11/h1-5H,6H2,(H,12,13,14). The summed E-state index contributed by atoms with van der Waals surface area (Å²) in [5, 5.41) is 0. The quantitative estimate of drug-likeness (QED) is 0.733. The maximum atomic E-state index is 11.2. The lowest BCUT2D eigenvalue weighted by atomic mass is 10.1. The van der Waals surface area contributed by atoms with Crippen LogP contribution in [-0.2, 0) is 5.75 Å². The molecule has 1 aromatic carbocycles. The first-order valence-electron chi connectivity index (χ1n) is 4.65. The molecule has 0 amide bonds. The fourth-order valence-electron chi connectivity index (χ4n) is 1.72. The van der Waals surface area contributed by atoms with Crippen molar-refractivity contribution in [3.05, 3.63) is 46.5 Å². The van der Waals surface area contributed by atoms with E-state index in [0.717, 1.165) is 22.6 Å². The van der Waals surface area contributed by atoms with Crippen LogP contribution < -0.4 is 5.69 Å². The molecule has 0 aliphatic carbocycles. The van der Waals surface area contributed by atoms with Crippen molar-refractivity contribution in [3.63, 3.8) is 0 Å². The highest BCUT2D eigenvalue weighted by molar-refractivity contribution is 7.98. The van der Waals surface area contributed by atoms with Gasteiger partial charge in [-0.15, -0.1) is 11.8 Å². The summed E-state index contributed by atoms with van der Waals surface area (Å²) >= 11 is 1.78. The largest absolute Gasteiger partial charge is 0.345 e. The zero-order valence-electron chi connectivity index (χ0n) is 7.86. The molecule has 15 heavy (non-hydrogen) atoms. The number of nitrogens with zero attached hydrogens (tertiary/aromatic N) is 1. The number of nitrogens with one attached hydrogen (secondary N) is 1. The van der Waals surface area contributed by atoms with Gasteiger partial charge in [-0.2, -0.15) is 0 Å². The molecule has 0 bridgehead atoms. The molecule has 1 N–H and O–H groups in total. The van der Waals surface area contributed by atoms with Crippen molar-refractivity contribution in [1.29, 1.82) is 0 Å². The van der Waals surface area contributed by atoms with Crippen molar-refractivity contribution < 1.29 is 0 Å². The van der Waals surface area contributed by atoms with E-state index < -0.39 is 0 Å². The number of hydrogen-bond acceptors (Lipinski definition) is 3. The number of aromatic nitrogens is 2. The summed E-state index contributed by atoms with van der Waals surface area (Å²) in [4.78, 5) is 18.9. The minimum Gasteiger partial charge on any atom is -0.305 e. The molecule has 0 radical (unpaired) electrons. The van der Waals surface area contributed by atoms with E-state index in [1.54, 1.807) is 18.0 Å². The molecule has 2 aromatic rings. The molecule has 74 valence electrons. The van der Waals surface area contributed by atoms with E-state index in [1.807, 2.05) is 18.2 Å². The van der Waals surface area contributed by atoms with E-state index in [-0.39, 0.29) is 5.69 Å². The van der Waals surface area contributed by atoms with Gasteiger partial charge in [0, 0.05) is 28.0 Å². The Morgan fingerprint density at radius 2 is 2.20 bits per heavy atom. The minimum atomic E-state index is -0.282. The molecule has 2 heterocycles. The molecule has 0 saturated heterocycles. The number of fused-ring (bicyclic) bond motifs is 3. The first kappa shape index (κ1) is 8.73. The summed E-state index contributed by atoms with van der Waals surface area (Å²) < 4.78 is 0. The highest BCUT2D eigenvalue weighted by atomic mass is 32.2. The van der Waals surface area contributed by atoms with Crippen LogP contribution in [0.3, 0.4) is 0 Å². The fraction of sp³-hybridized carbons (Fsp3) is 0.0909. The second kappa shape index (κ2) is 3.24. The molecule has 4 heteroatoms. The van der Waals surface area contributed by atoms with E-state index in [9.17, 15) is 4.79 Å². The van der Waals surface area contributed by atoms with Gasteiger partial charge < -0.3 is 4.98 Å². The van der Waals surface area contributed by atoms with Crippen molar-refractivity contribution in [3.8, 4) is 11.3 Å². The highest BCUT2D eigenvalue weighted by Gasteiger charge is 2.16. The molecule has 0 saturated carbocycles. The first-order valence-corrected chi connectivity index (χ1v) is 5.63. The van der Waals surface area contributed by atoms with Gasteiger partial charge in [-0.05, 0) is 6.07 Å². The number of benzene rings is 1. The maximum absolute atomic E-state index is 11.2. The van der Waals surface area contributed by atoms with Crippen LogP contribution in [0.4, 0.5) is 0 Å². The van der Waals surface area contributed by atoms with Gasteiger partial charge in [0.1, 0.15) is 0 Å². The normalized spacial score (nSPS) is 13.1. The average molecular weight is 216 g/mol. The number of hydrogen-bond donors (Lipinski definition) is 1. The van der Waals surface area contributed by atoms with Gasteiger partial charge in [-0.3, -0.25) is 0 Å². The van der Waals surface area contributed by atoms with Crippen LogP contribution in [-0.4, -0.2) is 9.97 Å². The van der Waals surface area contributed by atoms with E-state index in [4.69, 9.17) is 0 Å². The van der Waals surface area contributed by atoms with Crippen LogP contribution in [0.15, 0.2) is 40.2 Å². The van der Waals surface area contributed by atoms with E-state index in [2.05, 4.69) is 16.0 Å². The van der Waals surface area contributed by atoms with Gasteiger partial charge in [0.15, 0.2) is 0 Å². The van der Waals surface area contributed by atoms with E-state index >= 15 is 0 Å². The van der Waals surface area contributed by atoms with Crippen molar-refractivity contribution in [2.45, 2.75) is 10.6 Å². The lowest BCUT2D eigenvalue weighted by Gasteiger charge is -2.17. The zero-order chi connectivity index (χ0) is 10.3. The Hall–Kier alpha value is -1.55. The summed E-state index contributed by atoms with van der Waals surface area (Å²) in [6.07, 6.45) is 1.66. The average Bonchev–Trinajstić information content (AvgIpc) is 2.29. The first-order chi connectivity index (χ1) is 7.34. The van der Waals surface area contributed by atoms with Gasteiger partial charge in [-0.25, -0.2) is 9.78 Å². The van der Waals surface area contributed by atoms with Crippen molar-refractivity contribution in [2.24, 2.45) is 0 Å². The Bertz CT molecular complexity index is 577. The second-order valence-electron chi connectivity index (χ2n) is 3.37. The summed E-state index contributed by atoms with van der Waals surface area (Å²) in [5.74, 6) is 0.871. The Labute approximate surface area is 90.6 Å². The topological polar surface area (TPSA) is 45.8 Å². The highest BCUT2D eigenvalue weighted by Crippen LogP contribution is 2.38. The monoisotopic (exact) mass is 216 g/mol. The molecular formula is C11H8N2OS. The van der Waals surface area contributed by atoms with Gasteiger partial charge >= 0.3 is 5.69 Å². The summed E-state index contributed by atoms with van der Waals surface area (Å²) in [6.45, 7) is 0. The lowest BCUT2D eigenvalue weighted by Crippen LogP contribution is -2.13. The summed E-state index contributed by atoms with van der Waals surface area (Å²) in [7, 11) is 0. The SMILES string of the molecule is O=c1ncc2c([nH]1)-c1ccccc1SC2. The number of aromatic amines is 1. The molecular weight excluding hydrogens is 208 g/mol. The molecule has 0 fully saturated rings. The third-order valence-corrected chi connectivity index (χ3v) is 3.55. The van der Waals surface area contributed by atoms with Gasteiger partial charge in [0.05, 0.1) is 5.69 Å². The van der Waals surface area contributed by atoms with Crippen molar-refractivity contribution in [2.75, 3.05) is 0 Å². The van der Waals surface area contributed by atoms with Gasteiger partial charge in [-0.1, -0.05) is 18.2 Å². The third-order valence-electron chi connectivity index (χ3n) is 2.43. The number of thioether (sulfide) groups is 1. The zero-order valence-corrected chi connectivity index (χ0v) is 8.67. The third kappa shape index (κ3) is 1.37. The molecule has 0 atom stereocenters. The predicted octanol–water partition coefficient (Wildman–Crippen LogP) is 2.04. The summed E-state index contributed by atoms with van der Waals surface area (Å²) in [5.41, 5.74) is 2.83. The Morgan fingerprint density at radius 1 is 1.33 bits per heavy atom. The van der Waals surface area contributed by atoms with Gasteiger partial charge in [0.2, 0.25) is 0 Å². The van der Waals surface area contributed by atoms with Gasteiger partial charge in [0.25, 0.3) is 0 Å². The van der Waals surface area contributed by atoms with Crippen LogP contribution in [0.1, 0.15) is 5.56 Å². The van der Waals surface area contributed by atoms with E-state index in [1.165, 1.54) is 4.90 Å². The minimum absolute atomic E-state index is 0.282. The maximum Gasteiger partial charge on any atom is 0.345 e. The lowest BCUT2D eigenvalue weighted by molar-refractivity contribution is 1.04. The number of rotatable bonds is 0. The summed E-state index contributed by atoms with van der Waals surface area (Å²) in [6, 6.07) is 8.08. The van der Waals surface area contributed by atoms with Crippen LogP contribution in [0.25, 0.3) is 11.3 Å². The van der Waals surface area contributed by atoms with E-state index in [0.29, 0.717) is 0 Å². The number of H-pyrrole nitrogens is 1. The van der Waals surface area contributed by atoms with Crippen molar-refractivity contribution >= 4 is 11.8 Å². The Morgan fingerprint density at radius 3 is 3.13 bits per heavy atom. The van der Waals surface area contributed by atoms with Crippen LogP contribution in [0, 0.1) is 0 Å². The van der Waals surface area contributed by atoms with Crippen molar-refractivity contribution in [1.82, 2.24) is 9.97 Å². The smallest absolute Gasteiger partial charge is 0.305 e. The van der Waals surface area contributed by atoms with Crippen LogP contribution >= 0.6 is 11.8 Å². The molecule has 3 rings (SSSR count). The predicted molar refractivity (Wildman–Crippen MR) is 59.9 cm³/mol. The molecule has 0 unspecified atom stereocenters.